The van der Waals surface area contributed by atoms with Crippen LogP contribution in [0.4, 0.5) is 0 Å². The van der Waals surface area contributed by atoms with Crippen molar-refractivity contribution in [3.05, 3.63) is 54.2 Å². The second-order valence-corrected chi connectivity index (χ2v) is 10.2. The molecule has 0 unspecified atom stereocenters. The molecule has 0 N–H and O–H groups in total. The number of hydrogen-bond donors (Lipinski definition) is 0. The van der Waals surface area contributed by atoms with Gasteiger partial charge in [-0.05, 0) is 38.3 Å². The summed E-state index contributed by atoms with van der Waals surface area (Å²) in [5.74, 6) is 1.10. The van der Waals surface area contributed by atoms with Crippen LogP contribution in [0, 0.1) is 6.92 Å². The fourth-order valence-electron chi connectivity index (χ4n) is 4.73. The Hall–Kier alpha value is -2.45. The van der Waals surface area contributed by atoms with Gasteiger partial charge >= 0.3 is 0 Å². The molecule has 152 valence electrons. The zero-order valence-electron chi connectivity index (χ0n) is 16.7. The molecular weight excluding hydrogens is 386 g/mol. The fourth-order valence-corrected chi connectivity index (χ4v) is 6.18. The van der Waals surface area contributed by atoms with Gasteiger partial charge in [0.25, 0.3) is 0 Å². The van der Waals surface area contributed by atoms with Crippen LogP contribution in [0.15, 0.2) is 47.8 Å². The molecule has 3 aromatic rings. The van der Waals surface area contributed by atoms with E-state index in [-0.39, 0.29) is 5.41 Å². The lowest BCUT2D eigenvalue weighted by molar-refractivity contribution is 0.228. The third kappa shape index (κ3) is 2.93. The first-order valence-electron chi connectivity index (χ1n) is 10.0. The van der Waals surface area contributed by atoms with Crippen LogP contribution in [0.25, 0.3) is 11.3 Å². The number of aryl methyl sites for hydroxylation is 2. The van der Waals surface area contributed by atoms with E-state index in [1.807, 2.05) is 44.7 Å². The van der Waals surface area contributed by atoms with Crippen LogP contribution in [0.1, 0.15) is 30.7 Å². The molecule has 0 aliphatic carbocycles. The molecule has 8 heteroatoms. The van der Waals surface area contributed by atoms with Crippen LogP contribution in [-0.4, -0.2) is 45.1 Å². The third-order valence-corrected chi connectivity index (χ3v) is 8.40. The number of aromatic nitrogens is 4. The number of nitrogens with zero attached hydrogens (tertiary/aromatic N) is 5. The van der Waals surface area contributed by atoms with Gasteiger partial charge in [0.1, 0.15) is 5.82 Å². The highest BCUT2D eigenvalue weighted by Gasteiger charge is 2.45. The predicted molar refractivity (Wildman–Crippen MR) is 110 cm³/mol. The summed E-state index contributed by atoms with van der Waals surface area (Å²) in [5, 5.41) is 4.28. The lowest BCUT2D eigenvalue weighted by Crippen LogP contribution is -2.44. The first kappa shape index (κ1) is 18.6. The molecule has 1 fully saturated rings. The monoisotopic (exact) mass is 411 g/mol. The van der Waals surface area contributed by atoms with E-state index < -0.39 is 10.0 Å². The molecule has 0 radical (unpaired) electrons. The highest BCUT2D eigenvalue weighted by molar-refractivity contribution is 7.89. The van der Waals surface area contributed by atoms with Crippen LogP contribution < -0.4 is 0 Å². The highest BCUT2D eigenvalue weighted by atomic mass is 32.2. The Kier molecular flexibility index (Phi) is 4.18. The maximum absolute atomic E-state index is 13.0. The van der Waals surface area contributed by atoms with Gasteiger partial charge in [0.15, 0.2) is 0 Å². The zero-order valence-corrected chi connectivity index (χ0v) is 17.6. The van der Waals surface area contributed by atoms with Crippen molar-refractivity contribution in [1.82, 2.24) is 23.6 Å². The summed E-state index contributed by atoms with van der Waals surface area (Å²) in [6.45, 7) is 3.95. The van der Waals surface area contributed by atoms with Gasteiger partial charge in [-0.15, -0.1) is 0 Å². The molecule has 2 aliphatic heterocycles. The second kappa shape index (κ2) is 6.53. The quantitative estimate of drug-likeness (QED) is 0.664. The SMILES string of the molecule is Cc1ccc(S(=O)(=O)N2CCC3(CC2)CCn2c(-c4cnn(C)c4)cnc23)cc1. The van der Waals surface area contributed by atoms with Gasteiger partial charge < -0.3 is 4.57 Å². The molecular formula is C21H25N5O2S. The van der Waals surface area contributed by atoms with Gasteiger partial charge in [0, 0.05) is 43.9 Å². The molecule has 1 spiro atoms. The largest absolute Gasteiger partial charge is 0.327 e. The number of hydrogen-bond acceptors (Lipinski definition) is 4. The van der Waals surface area contributed by atoms with Gasteiger partial charge in [-0.2, -0.15) is 9.40 Å². The van der Waals surface area contributed by atoms with E-state index in [4.69, 9.17) is 4.98 Å². The van der Waals surface area contributed by atoms with Crippen molar-refractivity contribution in [3.8, 4) is 11.3 Å². The Morgan fingerprint density at radius 1 is 1.00 bits per heavy atom. The van der Waals surface area contributed by atoms with Crippen molar-refractivity contribution < 1.29 is 8.42 Å². The molecule has 4 heterocycles. The summed E-state index contributed by atoms with van der Waals surface area (Å²) >= 11 is 0. The smallest absolute Gasteiger partial charge is 0.243 e. The number of sulfonamides is 1. The standard InChI is InChI=1S/C21H25N5O2S/c1-16-3-5-18(6-4-16)29(27,28)25-10-7-21(8-11-25)9-12-26-19(14-22-20(21)26)17-13-23-24(2)15-17/h3-6,13-15H,7-12H2,1-2H3. The average Bonchev–Trinajstić information content (AvgIpc) is 3.40. The highest BCUT2D eigenvalue weighted by Crippen LogP contribution is 2.45. The lowest BCUT2D eigenvalue weighted by atomic mass is 9.77. The van der Waals surface area contributed by atoms with Crippen molar-refractivity contribution in [2.24, 2.45) is 7.05 Å². The molecule has 7 nitrogen and oxygen atoms in total. The Labute approximate surface area is 171 Å². The Morgan fingerprint density at radius 2 is 1.69 bits per heavy atom. The van der Waals surface area contributed by atoms with Crippen LogP contribution in [0.2, 0.25) is 0 Å². The van der Waals surface area contributed by atoms with E-state index in [0.29, 0.717) is 18.0 Å². The summed E-state index contributed by atoms with van der Waals surface area (Å²) < 4.78 is 31.8. The number of piperidine rings is 1. The summed E-state index contributed by atoms with van der Waals surface area (Å²) in [6.07, 6.45) is 8.44. The van der Waals surface area contributed by atoms with Crippen LogP contribution >= 0.6 is 0 Å². The van der Waals surface area contributed by atoms with Crippen LogP contribution in [0.5, 0.6) is 0 Å². The molecule has 2 aliphatic rings. The molecule has 5 rings (SSSR count). The van der Waals surface area contributed by atoms with E-state index in [1.54, 1.807) is 21.1 Å². The van der Waals surface area contributed by atoms with Crippen molar-refractivity contribution in [2.75, 3.05) is 13.1 Å². The molecule has 1 aromatic carbocycles. The van der Waals surface area contributed by atoms with Crippen molar-refractivity contribution in [3.63, 3.8) is 0 Å². The van der Waals surface area contributed by atoms with E-state index in [0.717, 1.165) is 48.5 Å². The minimum Gasteiger partial charge on any atom is -0.327 e. The van der Waals surface area contributed by atoms with Gasteiger partial charge in [-0.1, -0.05) is 17.7 Å². The average molecular weight is 412 g/mol. The van der Waals surface area contributed by atoms with E-state index >= 15 is 0 Å². The molecule has 0 amide bonds. The lowest BCUT2D eigenvalue weighted by Gasteiger charge is -2.37. The maximum Gasteiger partial charge on any atom is 0.243 e. The Morgan fingerprint density at radius 3 is 2.34 bits per heavy atom. The molecule has 1 saturated heterocycles. The normalized spacial score (nSPS) is 19.0. The van der Waals surface area contributed by atoms with E-state index in [2.05, 4.69) is 9.67 Å². The fraction of sp³-hybridized carbons (Fsp3) is 0.429. The Balaban J connectivity index is 1.38. The number of rotatable bonds is 3. The summed E-state index contributed by atoms with van der Waals surface area (Å²) in [7, 11) is -1.53. The first-order valence-corrected chi connectivity index (χ1v) is 11.4. The van der Waals surface area contributed by atoms with Crippen molar-refractivity contribution in [1.29, 1.82) is 0 Å². The number of imidazole rings is 1. The minimum absolute atomic E-state index is 0.0280. The van der Waals surface area contributed by atoms with Gasteiger partial charge in [0.05, 0.1) is 23.0 Å². The van der Waals surface area contributed by atoms with Crippen molar-refractivity contribution in [2.45, 2.75) is 43.0 Å². The van der Waals surface area contributed by atoms with E-state index in [1.165, 1.54) is 0 Å². The summed E-state index contributed by atoms with van der Waals surface area (Å²) in [4.78, 5) is 5.15. The molecule has 0 atom stereocenters. The Bertz CT molecular complexity index is 1150. The van der Waals surface area contributed by atoms with E-state index in [9.17, 15) is 8.42 Å². The van der Waals surface area contributed by atoms with Gasteiger partial charge in [-0.3, -0.25) is 4.68 Å². The zero-order chi connectivity index (χ0) is 20.2. The molecule has 2 aromatic heterocycles. The van der Waals surface area contributed by atoms with Gasteiger partial charge in [0.2, 0.25) is 10.0 Å². The third-order valence-electron chi connectivity index (χ3n) is 6.48. The minimum atomic E-state index is -3.44. The van der Waals surface area contributed by atoms with Crippen LogP contribution in [0.3, 0.4) is 0 Å². The molecule has 0 bridgehead atoms. The maximum atomic E-state index is 13.0. The predicted octanol–water partition coefficient (Wildman–Crippen LogP) is 2.72. The molecule has 0 saturated carbocycles. The first-order chi connectivity index (χ1) is 13.9. The van der Waals surface area contributed by atoms with Crippen molar-refractivity contribution >= 4 is 10.0 Å². The molecule has 29 heavy (non-hydrogen) atoms. The summed E-state index contributed by atoms with van der Waals surface area (Å²) in [5.41, 5.74) is 3.20. The van der Waals surface area contributed by atoms with Gasteiger partial charge in [-0.25, -0.2) is 13.4 Å². The number of fused-ring (bicyclic) bond motifs is 2. The second-order valence-electron chi connectivity index (χ2n) is 8.27. The topological polar surface area (TPSA) is 73.0 Å². The van der Waals surface area contributed by atoms with Crippen LogP contribution in [-0.2, 0) is 29.0 Å². The summed E-state index contributed by atoms with van der Waals surface area (Å²) in [6, 6.07) is 7.12. The number of benzene rings is 1.